The van der Waals surface area contributed by atoms with E-state index in [-0.39, 0.29) is 6.10 Å². The summed E-state index contributed by atoms with van der Waals surface area (Å²) in [6.07, 6.45) is 5.11. The van der Waals surface area contributed by atoms with Gasteiger partial charge in [0.25, 0.3) is 0 Å². The van der Waals surface area contributed by atoms with Gasteiger partial charge in [-0.2, -0.15) is 0 Å². The second-order valence-corrected chi connectivity index (χ2v) is 7.40. The number of hydrogen-bond donors (Lipinski definition) is 0. The molecule has 3 aromatic carbocycles. The molecule has 30 heavy (non-hydrogen) atoms. The van der Waals surface area contributed by atoms with E-state index in [1.165, 1.54) is 6.39 Å². The maximum absolute atomic E-state index is 6.02. The highest BCUT2D eigenvalue weighted by Gasteiger charge is 2.11. The maximum atomic E-state index is 6.02. The van der Waals surface area contributed by atoms with Crippen LogP contribution in [0, 0.1) is 0 Å². The van der Waals surface area contributed by atoms with E-state index < -0.39 is 0 Å². The highest BCUT2D eigenvalue weighted by atomic mass is 16.5. The summed E-state index contributed by atoms with van der Waals surface area (Å²) >= 11 is 0. The van der Waals surface area contributed by atoms with Crippen LogP contribution in [0.5, 0.6) is 5.75 Å². The molecule has 0 atom stereocenters. The molecule has 0 saturated heterocycles. The van der Waals surface area contributed by atoms with Gasteiger partial charge < -0.3 is 9.15 Å². The quantitative estimate of drug-likeness (QED) is 0.359. The van der Waals surface area contributed by atoms with Crippen LogP contribution in [0.2, 0.25) is 0 Å². The number of hydrogen-bond acceptors (Lipinski definition) is 4. The molecule has 148 valence electrons. The SMILES string of the molecule is CC(C)Oc1ccccc1-c1cccc(-n2cnc3cc(-c4cnco4)ccc32)c1. The first-order valence-electron chi connectivity index (χ1n) is 9.91. The third kappa shape index (κ3) is 3.35. The zero-order valence-electron chi connectivity index (χ0n) is 16.8. The number of ether oxygens (including phenoxy) is 1. The Balaban J connectivity index is 1.56. The molecule has 2 aromatic heterocycles. The van der Waals surface area contributed by atoms with Gasteiger partial charge in [-0.1, -0.05) is 30.3 Å². The summed E-state index contributed by atoms with van der Waals surface area (Å²) in [5, 5.41) is 0. The number of oxazole rings is 1. The molecule has 5 nitrogen and oxygen atoms in total. The zero-order chi connectivity index (χ0) is 20.5. The van der Waals surface area contributed by atoms with Crippen LogP contribution in [0.1, 0.15) is 13.8 Å². The topological polar surface area (TPSA) is 53.1 Å². The lowest BCUT2D eigenvalue weighted by Gasteiger charge is -2.15. The van der Waals surface area contributed by atoms with Crippen LogP contribution in [0.15, 0.2) is 90.1 Å². The number of imidazole rings is 1. The van der Waals surface area contributed by atoms with E-state index in [2.05, 4.69) is 50.9 Å². The van der Waals surface area contributed by atoms with Gasteiger partial charge >= 0.3 is 0 Å². The molecule has 2 heterocycles. The summed E-state index contributed by atoms with van der Waals surface area (Å²) < 4.78 is 13.5. The van der Waals surface area contributed by atoms with E-state index in [4.69, 9.17) is 9.15 Å². The Kier molecular flexibility index (Phi) is 4.56. The van der Waals surface area contributed by atoms with E-state index in [0.29, 0.717) is 0 Å². The zero-order valence-corrected chi connectivity index (χ0v) is 16.8. The Morgan fingerprint density at radius 3 is 2.67 bits per heavy atom. The molecule has 0 spiro atoms. The van der Waals surface area contributed by atoms with Crippen LogP contribution in [-0.4, -0.2) is 20.6 Å². The summed E-state index contributed by atoms with van der Waals surface area (Å²) in [5.41, 5.74) is 6.11. The van der Waals surface area contributed by atoms with Gasteiger partial charge in [-0.15, -0.1) is 0 Å². The van der Waals surface area contributed by atoms with Crippen molar-refractivity contribution in [3.8, 4) is 33.9 Å². The number of nitrogens with zero attached hydrogens (tertiary/aromatic N) is 3. The smallest absolute Gasteiger partial charge is 0.181 e. The van der Waals surface area contributed by atoms with Crippen LogP contribution in [-0.2, 0) is 0 Å². The second kappa shape index (κ2) is 7.52. The first-order valence-corrected chi connectivity index (χ1v) is 9.91. The second-order valence-electron chi connectivity index (χ2n) is 7.40. The van der Waals surface area contributed by atoms with Crippen molar-refractivity contribution in [2.24, 2.45) is 0 Å². The summed E-state index contributed by atoms with van der Waals surface area (Å²) in [6.45, 7) is 4.08. The summed E-state index contributed by atoms with van der Waals surface area (Å²) in [7, 11) is 0. The molecule has 0 saturated carbocycles. The van der Waals surface area contributed by atoms with E-state index in [1.807, 2.05) is 50.5 Å². The maximum Gasteiger partial charge on any atom is 0.181 e. The lowest BCUT2D eigenvalue weighted by Crippen LogP contribution is -2.06. The first-order chi connectivity index (χ1) is 14.7. The van der Waals surface area contributed by atoms with Crippen molar-refractivity contribution < 1.29 is 9.15 Å². The lowest BCUT2D eigenvalue weighted by molar-refractivity contribution is 0.243. The molecule has 5 aromatic rings. The fourth-order valence-corrected chi connectivity index (χ4v) is 3.62. The summed E-state index contributed by atoms with van der Waals surface area (Å²) in [6, 6.07) is 22.6. The minimum absolute atomic E-state index is 0.116. The number of fused-ring (bicyclic) bond motifs is 1. The normalized spacial score (nSPS) is 11.3. The first kappa shape index (κ1) is 18.2. The molecule has 0 radical (unpaired) electrons. The van der Waals surface area contributed by atoms with Crippen LogP contribution in [0.3, 0.4) is 0 Å². The molecular formula is C25H21N3O2. The van der Waals surface area contributed by atoms with E-state index in [1.54, 1.807) is 6.20 Å². The van der Waals surface area contributed by atoms with Crippen LogP contribution < -0.4 is 4.74 Å². The molecule has 5 rings (SSSR count). The van der Waals surface area contributed by atoms with Crippen molar-refractivity contribution >= 4 is 11.0 Å². The number of para-hydroxylation sites is 1. The van der Waals surface area contributed by atoms with Crippen LogP contribution in [0.25, 0.3) is 39.2 Å². The third-order valence-electron chi connectivity index (χ3n) is 4.95. The van der Waals surface area contributed by atoms with Gasteiger partial charge in [0.2, 0.25) is 0 Å². The number of benzene rings is 3. The predicted octanol–water partition coefficient (Wildman–Crippen LogP) is 6.13. The van der Waals surface area contributed by atoms with Crippen molar-refractivity contribution in [1.29, 1.82) is 0 Å². The van der Waals surface area contributed by atoms with Gasteiger partial charge in [-0.05, 0) is 55.8 Å². The minimum Gasteiger partial charge on any atom is -0.490 e. The van der Waals surface area contributed by atoms with Gasteiger partial charge in [0, 0.05) is 16.8 Å². The fraction of sp³-hybridized carbons (Fsp3) is 0.120. The highest BCUT2D eigenvalue weighted by molar-refractivity contribution is 5.83. The monoisotopic (exact) mass is 395 g/mol. The molecule has 0 N–H and O–H groups in total. The largest absolute Gasteiger partial charge is 0.490 e. The van der Waals surface area contributed by atoms with Crippen molar-refractivity contribution in [2.75, 3.05) is 0 Å². The van der Waals surface area contributed by atoms with Gasteiger partial charge in [0.05, 0.1) is 23.3 Å². The van der Waals surface area contributed by atoms with Crippen LogP contribution >= 0.6 is 0 Å². The minimum atomic E-state index is 0.116. The van der Waals surface area contributed by atoms with E-state index in [9.17, 15) is 0 Å². The average Bonchev–Trinajstić information content (AvgIpc) is 3.43. The fourth-order valence-electron chi connectivity index (χ4n) is 3.62. The average molecular weight is 395 g/mol. The standard InChI is InChI=1S/C25H21N3O2/c1-17(2)30-24-9-4-3-8-21(24)18-6-5-7-20(12-18)28-15-27-22-13-19(10-11-23(22)28)25-14-26-16-29-25/h3-17H,1-2H3. The van der Waals surface area contributed by atoms with E-state index in [0.717, 1.165) is 44.9 Å². The van der Waals surface area contributed by atoms with Gasteiger partial charge in [0.1, 0.15) is 12.1 Å². The Bertz CT molecular complexity index is 1300. The molecule has 0 fully saturated rings. The van der Waals surface area contributed by atoms with Gasteiger partial charge in [-0.25, -0.2) is 9.97 Å². The molecule has 0 aliphatic rings. The molecule has 0 bridgehead atoms. The van der Waals surface area contributed by atoms with Crippen molar-refractivity contribution in [3.05, 3.63) is 85.6 Å². The number of aromatic nitrogens is 3. The van der Waals surface area contributed by atoms with Gasteiger partial charge in [0.15, 0.2) is 12.2 Å². The Labute approximate surface area is 174 Å². The Morgan fingerprint density at radius 2 is 1.83 bits per heavy atom. The van der Waals surface area contributed by atoms with Crippen molar-refractivity contribution in [1.82, 2.24) is 14.5 Å². The van der Waals surface area contributed by atoms with Crippen molar-refractivity contribution in [2.45, 2.75) is 20.0 Å². The summed E-state index contributed by atoms with van der Waals surface area (Å²) in [4.78, 5) is 8.59. The van der Waals surface area contributed by atoms with Crippen LogP contribution in [0.4, 0.5) is 0 Å². The van der Waals surface area contributed by atoms with E-state index >= 15 is 0 Å². The molecule has 0 aliphatic carbocycles. The molecule has 0 amide bonds. The van der Waals surface area contributed by atoms with Gasteiger partial charge in [-0.3, -0.25) is 4.57 Å². The summed E-state index contributed by atoms with van der Waals surface area (Å²) in [5.74, 6) is 1.62. The molecule has 5 heteroatoms. The van der Waals surface area contributed by atoms with Crippen molar-refractivity contribution in [3.63, 3.8) is 0 Å². The lowest BCUT2D eigenvalue weighted by atomic mass is 10.0. The molecular weight excluding hydrogens is 374 g/mol. The third-order valence-corrected chi connectivity index (χ3v) is 4.95. The molecule has 0 aliphatic heterocycles. The molecule has 0 unspecified atom stereocenters. The number of rotatable bonds is 5. The predicted molar refractivity (Wildman–Crippen MR) is 118 cm³/mol. The highest BCUT2D eigenvalue weighted by Crippen LogP contribution is 2.32. The Hall–Kier alpha value is -3.86. The Morgan fingerprint density at radius 1 is 0.933 bits per heavy atom.